The molecule has 0 spiro atoms. The largest absolute Gasteiger partial charge is 0.423 e. The molecular formula is C21H24N4O2. The minimum absolute atomic E-state index is 0.0845. The lowest BCUT2D eigenvalue weighted by molar-refractivity contribution is -0.122. The lowest BCUT2D eigenvalue weighted by Gasteiger charge is -2.33. The number of para-hydroxylation sites is 2. The molecule has 3 aromatic rings. The zero-order chi connectivity index (χ0) is 18.5. The molecule has 1 saturated heterocycles. The predicted octanol–water partition coefficient (Wildman–Crippen LogP) is 2.31. The standard InChI is InChI=1S/C21H24N4O2/c26-20(22-11-10-17-6-2-1-3-7-17)16-24-12-14-25(15-13-24)21-23-18-8-4-5-9-19(18)27-21/h1-9H,10-16H2,(H,22,26). The van der Waals surface area contributed by atoms with Crippen LogP contribution in [0.25, 0.3) is 11.1 Å². The minimum atomic E-state index is 0.0845. The van der Waals surface area contributed by atoms with Gasteiger partial charge in [0, 0.05) is 32.7 Å². The number of aromatic nitrogens is 1. The van der Waals surface area contributed by atoms with E-state index in [4.69, 9.17) is 4.42 Å². The second-order valence-electron chi connectivity index (χ2n) is 6.81. The second kappa shape index (κ2) is 8.22. The molecule has 27 heavy (non-hydrogen) atoms. The maximum absolute atomic E-state index is 12.2. The van der Waals surface area contributed by atoms with E-state index in [0.29, 0.717) is 19.1 Å². The first-order chi connectivity index (χ1) is 13.3. The first-order valence-electron chi connectivity index (χ1n) is 9.41. The maximum Gasteiger partial charge on any atom is 0.298 e. The van der Waals surface area contributed by atoms with E-state index in [1.54, 1.807) is 0 Å². The summed E-state index contributed by atoms with van der Waals surface area (Å²) in [5.74, 6) is 0.0845. The number of amides is 1. The monoisotopic (exact) mass is 364 g/mol. The van der Waals surface area contributed by atoms with E-state index in [1.165, 1.54) is 5.56 Å². The molecular weight excluding hydrogens is 340 g/mol. The van der Waals surface area contributed by atoms with Crippen LogP contribution in [-0.2, 0) is 11.2 Å². The number of rotatable bonds is 6. The van der Waals surface area contributed by atoms with Crippen LogP contribution in [0.4, 0.5) is 6.01 Å². The number of carbonyl (C=O) groups is 1. The lowest BCUT2D eigenvalue weighted by Crippen LogP contribution is -2.49. The van der Waals surface area contributed by atoms with Gasteiger partial charge in [0.05, 0.1) is 6.54 Å². The normalized spacial score (nSPS) is 15.2. The van der Waals surface area contributed by atoms with Crippen LogP contribution in [0.5, 0.6) is 0 Å². The SMILES string of the molecule is O=C(CN1CCN(c2nc3ccccc3o2)CC1)NCCc1ccccc1. The van der Waals surface area contributed by atoms with Crippen molar-refractivity contribution in [3.8, 4) is 0 Å². The summed E-state index contributed by atoms with van der Waals surface area (Å²) in [5.41, 5.74) is 2.94. The topological polar surface area (TPSA) is 61.6 Å². The molecule has 6 nitrogen and oxygen atoms in total. The van der Waals surface area contributed by atoms with Crippen molar-refractivity contribution in [2.75, 3.05) is 44.2 Å². The van der Waals surface area contributed by atoms with E-state index in [0.717, 1.165) is 43.7 Å². The second-order valence-corrected chi connectivity index (χ2v) is 6.81. The fourth-order valence-corrected chi connectivity index (χ4v) is 3.34. The molecule has 0 unspecified atom stereocenters. The van der Waals surface area contributed by atoms with Crippen LogP contribution in [0.3, 0.4) is 0 Å². The number of oxazole rings is 1. The van der Waals surface area contributed by atoms with Gasteiger partial charge >= 0.3 is 0 Å². The van der Waals surface area contributed by atoms with E-state index in [1.807, 2.05) is 42.5 Å². The third kappa shape index (κ3) is 4.46. The van der Waals surface area contributed by atoms with Crippen molar-refractivity contribution in [1.82, 2.24) is 15.2 Å². The molecule has 0 aliphatic carbocycles. The van der Waals surface area contributed by atoms with Crippen LogP contribution in [0.2, 0.25) is 0 Å². The molecule has 1 N–H and O–H groups in total. The first kappa shape index (κ1) is 17.5. The molecule has 0 atom stereocenters. The van der Waals surface area contributed by atoms with Crippen LogP contribution < -0.4 is 10.2 Å². The quantitative estimate of drug-likeness (QED) is 0.727. The van der Waals surface area contributed by atoms with E-state index >= 15 is 0 Å². The van der Waals surface area contributed by atoms with E-state index in [2.05, 4.69) is 32.2 Å². The number of carbonyl (C=O) groups excluding carboxylic acids is 1. The van der Waals surface area contributed by atoms with Crippen LogP contribution in [0, 0.1) is 0 Å². The van der Waals surface area contributed by atoms with Gasteiger partial charge in [0.15, 0.2) is 5.58 Å². The van der Waals surface area contributed by atoms with Crippen molar-refractivity contribution in [3.63, 3.8) is 0 Å². The molecule has 1 fully saturated rings. The number of nitrogens with zero attached hydrogens (tertiary/aromatic N) is 3. The Kier molecular flexibility index (Phi) is 5.34. The molecule has 6 heteroatoms. The first-order valence-corrected chi connectivity index (χ1v) is 9.41. The van der Waals surface area contributed by atoms with Gasteiger partial charge in [-0.3, -0.25) is 9.69 Å². The highest BCUT2D eigenvalue weighted by molar-refractivity contribution is 5.78. The Morgan fingerprint density at radius 3 is 2.52 bits per heavy atom. The third-order valence-electron chi connectivity index (χ3n) is 4.87. The van der Waals surface area contributed by atoms with E-state index < -0.39 is 0 Å². The molecule has 1 aromatic heterocycles. The van der Waals surface area contributed by atoms with Gasteiger partial charge in [-0.2, -0.15) is 4.98 Å². The number of hydrogen-bond acceptors (Lipinski definition) is 5. The van der Waals surface area contributed by atoms with Crippen LogP contribution >= 0.6 is 0 Å². The Labute approximate surface area is 158 Å². The highest BCUT2D eigenvalue weighted by Crippen LogP contribution is 2.22. The molecule has 2 aromatic carbocycles. The zero-order valence-electron chi connectivity index (χ0n) is 15.3. The van der Waals surface area contributed by atoms with E-state index in [9.17, 15) is 4.79 Å². The van der Waals surface area contributed by atoms with Crippen molar-refractivity contribution < 1.29 is 9.21 Å². The number of benzene rings is 2. The summed E-state index contributed by atoms with van der Waals surface area (Å²) in [6.07, 6.45) is 0.859. The van der Waals surface area contributed by atoms with Crippen molar-refractivity contribution in [2.45, 2.75) is 6.42 Å². The lowest BCUT2D eigenvalue weighted by atomic mass is 10.1. The van der Waals surface area contributed by atoms with Gasteiger partial charge in [0.1, 0.15) is 5.52 Å². The van der Waals surface area contributed by atoms with Gasteiger partial charge in [0.2, 0.25) is 5.91 Å². The average Bonchev–Trinajstić information content (AvgIpc) is 3.13. The minimum Gasteiger partial charge on any atom is -0.423 e. The van der Waals surface area contributed by atoms with Crippen LogP contribution in [-0.4, -0.2) is 55.1 Å². The van der Waals surface area contributed by atoms with Crippen molar-refractivity contribution >= 4 is 23.0 Å². The average molecular weight is 364 g/mol. The Morgan fingerprint density at radius 2 is 1.74 bits per heavy atom. The molecule has 0 saturated carbocycles. The number of fused-ring (bicyclic) bond motifs is 1. The molecule has 1 aliphatic rings. The Hall–Kier alpha value is -2.86. The van der Waals surface area contributed by atoms with Gasteiger partial charge in [0.25, 0.3) is 6.01 Å². The number of piperazine rings is 1. The van der Waals surface area contributed by atoms with Crippen molar-refractivity contribution in [3.05, 3.63) is 60.2 Å². The third-order valence-corrected chi connectivity index (χ3v) is 4.87. The van der Waals surface area contributed by atoms with Gasteiger partial charge < -0.3 is 14.6 Å². The Morgan fingerprint density at radius 1 is 1.00 bits per heavy atom. The number of hydrogen-bond donors (Lipinski definition) is 1. The summed E-state index contributed by atoms with van der Waals surface area (Å²) in [4.78, 5) is 21.0. The van der Waals surface area contributed by atoms with Crippen LogP contribution in [0.15, 0.2) is 59.0 Å². The number of nitrogens with one attached hydrogen (secondary N) is 1. The summed E-state index contributed by atoms with van der Waals surface area (Å²) in [7, 11) is 0. The van der Waals surface area contributed by atoms with Crippen molar-refractivity contribution in [2.24, 2.45) is 0 Å². The van der Waals surface area contributed by atoms with Gasteiger partial charge in [-0.25, -0.2) is 0 Å². The Bertz CT molecular complexity index is 852. The van der Waals surface area contributed by atoms with E-state index in [-0.39, 0.29) is 5.91 Å². The zero-order valence-corrected chi connectivity index (χ0v) is 15.3. The highest BCUT2D eigenvalue weighted by atomic mass is 16.4. The molecule has 4 rings (SSSR count). The molecule has 1 amide bonds. The summed E-state index contributed by atoms with van der Waals surface area (Å²) < 4.78 is 5.84. The molecule has 0 bridgehead atoms. The summed E-state index contributed by atoms with van der Waals surface area (Å²) in [5, 5.41) is 3.01. The van der Waals surface area contributed by atoms with Gasteiger partial charge in [-0.1, -0.05) is 42.5 Å². The summed E-state index contributed by atoms with van der Waals surface area (Å²) in [6.45, 7) is 4.38. The molecule has 0 radical (unpaired) electrons. The Balaban J connectivity index is 1.21. The smallest absolute Gasteiger partial charge is 0.298 e. The molecule has 2 heterocycles. The molecule has 1 aliphatic heterocycles. The molecule has 140 valence electrons. The van der Waals surface area contributed by atoms with Gasteiger partial charge in [-0.15, -0.1) is 0 Å². The number of anilines is 1. The fourth-order valence-electron chi connectivity index (χ4n) is 3.34. The maximum atomic E-state index is 12.2. The highest BCUT2D eigenvalue weighted by Gasteiger charge is 2.22. The summed E-state index contributed by atoms with van der Waals surface area (Å²) >= 11 is 0. The van der Waals surface area contributed by atoms with Crippen molar-refractivity contribution in [1.29, 1.82) is 0 Å². The van der Waals surface area contributed by atoms with Gasteiger partial charge in [-0.05, 0) is 24.1 Å². The van der Waals surface area contributed by atoms with Crippen LogP contribution in [0.1, 0.15) is 5.56 Å². The fraction of sp³-hybridized carbons (Fsp3) is 0.333. The predicted molar refractivity (Wildman–Crippen MR) is 106 cm³/mol. The summed E-state index contributed by atoms with van der Waals surface area (Å²) in [6, 6.07) is 18.7.